The summed E-state index contributed by atoms with van der Waals surface area (Å²) in [5.74, 6) is -8.67. The van der Waals surface area contributed by atoms with Crippen molar-refractivity contribution in [1.82, 2.24) is 0 Å². The molecule has 406 valence electrons. The van der Waals surface area contributed by atoms with E-state index in [2.05, 4.69) is 0 Å². The van der Waals surface area contributed by atoms with E-state index in [4.69, 9.17) is 14.2 Å². The van der Waals surface area contributed by atoms with Gasteiger partial charge in [0.05, 0.1) is 25.4 Å². The van der Waals surface area contributed by atoms with Gasteiger partial charge in [0.25, 0.3) is 0 Å². The number of benzene rings is 9. The number of esters is 1. The van der Waals surface area contributed by atoms with Gasteiger partial charge in [-0.2, -0.15) is 0 Å². The highest BCUT2D eigenvalue weighted by Crippen LogP contribution is 2.73. The van der Waals surface area contributed by atoms with Crippen molar-refractivity contribution in [1.29, 1.82) is 0 Å². The highest BCUT2D eigenvalue weighted by Gasteiger charge is 2.59. The van der Waals surface area contributed by atoms with Crippen LogP contribution in [0.1, 0.15) is 138 Å². The Balaban J connectivity index is 1.22. The number of carbonyl (C=O) groups is 1. The van der Waals surface area contributed by atoms with Gasteiger partial charge in [-0.25, -0.2) is 0 Å². The summed E-state index contributed by atoms with van der Waals surface area (Å²) in [4.78, 5) is 13.9. The van der Waals surface area contributed by atoms with Crippen molar-refractivity contribution in [2.75, 3.05) is 7.11 Å². The van der Waals surface area contributed by atoms with Gasteiger partial charge in [-0.3, -0.25) is 4.79 Å². The minimum Gasteiger partial charge on any atom is -0.508 e. The summed E-state index contributed by atoms with van der Waals surface area (Å²) in [6, 6.07) is 42.3. The van der Waals surface area contributed by atoms with E-state index < -0.39 is 59.6 Å². The molecule has 0 spiro atoms. The molecule has 0 bridgehead atoms. The first-order valence-electron chi connectivity index (χ1n) is 26.3. The van der Waals surface area contributed by atoms with Crippen LogP contribution in [0.25, 0.3) is 0 Å². The zero-order chi connectivity index (χ0) is 56.3. The van der Waals surface area contributed by atoms with E-state index >= 15 is 0 Å². The van der Waals surface area contributed by atoms with Crippen LogP contribution in [0.3, 0.4) is 0 Å². The fourth-order valence-corrected chi connectivity index (χ4v) is 13.8. The fraction of sp³-hybridized carbons (Fsp3) is 0.167. The monoisotopic (exact) mass is 1080 g/mol. The molecule has 13 rings (SSSR count). The van der Waals surface area contributed by atoms with Crippen LogP contribution in [-0.2, 0) is 9.53 Å². The highest BCUT2D eigenvalue weighted by atomic mass is 16.5. The van der Waals surface area contributed by atoms with Gasteiger partial charge in [0.1, 0.15) is 87.0 Å². The van der Waals surface area contributed by atoms with Gasteiger partial charge >= 0.3 is 5.97 Å². The first-order valence-corrected chi connectivity index (χ1v) is 26.3. The van der Waals surface area contributed by atoms with Gasteiger partial charge in [0.2, 0.25) is 0 Å². The van der Waals surface area contributed by atoms with Gasteiger partial charge in [-0.15, -0.1) is 0 Å². The third kappa shape index (κ3) is 8.21. The van der Waals surface area contributed by atoms with Gasteiger partial charge in [0, 0.05) is 75.6 Å². The van der Waals surface area contributed by atoms with E-state index in [-0.39, 0.29) is 86.7 Å². The van der Waals surface area contributed by atoms with E-state index in [0.717, 1.165) is 0 Å². The summed E-state index contributed by atoms with van der Waals surface area (Å²) in [5.41, 5.74) is 6.51. The molecule has 1 unspecified atom stereocenters. The van der Waals surface area contributed by atoms with Crippen LogP contribution in [0.2, 0.25) is 0 Å². The minimum atomic E-state index is -1.07. The van der Waals surface area contributed by atoms with E-state index in [1.54, 1.807) is 84.9 Å². The Morgan fingerprint density at radius 1 is 0.420 bits per heavy atom. The quantitative estimate of drug-likeness (QED) is 0.0569. The van der Waals surface area contributed by atoms with Crippen molar-refractivity contribution in [3.63, 3.8) is 0 Å². The molecular weight excluding hydrogens is 1030 g/mol. The minimum absolute atomic E-state index is 0.0107. The maximum Gasteiger partial charge on any atom is 0.306 e. The second-order valence-electron chi connectivity index (χ2n) is 21.4. The lowest BCUT2D eigenvalue weighted by Gasteiger charge is -2.35. The summed E-state index contributed by atoms with van der Waals surface area (Å²) in [6.45, 7) is 0. The predicted molar refractivity (Wildman–Crippen MR) is 294 cm³/mol. The molecule has 0 saturated heterocycles. The number of hydrogen-bond donors (Lipinski definition) is 11. The molecule has 81 heavy (non-hydrogen) atoms. The Kier molecular flexibility index (Phi) is 11.8. The predicted octanol–water partition coefficient (Wildman–Crippen LogP) is 11.8. The number of methoxy groups -OCH3 is 1. The molecule has 2 aliphatic heterocycles. The molecule has 0 fully saturated rings. The smallest absolute Gasteiger partial charge is 0.306 e. The topological polar surface area (TPSA) is 267 Å². The second-order valence-corrected chi connectivity index (χ2v) is 21.4. The maximum atomic E-state index is 14.2. The summed E-state index contributed by atoms with van der Waals surface area (Å²) in [5, 5.41) is 127. The number of phenols is 11. The van der Waals surface area contributed by atoms with Gasteiger partial charge < -0.3 is 70.4 Å². The number of rotatable bonds is 10. The second kappa shape index (κ2) is 19.0. The third-order valence-electron chi connectivity index (χ3n) is 16.9. The molecule has 11 N–H and O–H groups in total. The van der Waals surface area contributed by atoms with Crippen LogP contribution >= 0.6 is 0 Å². The Hall–Kier alpha value is -10.2. The molecule has 15 nitrogen and oxygen atoms in total. The van der Waals surface area contributed by atoms with Crippen LogP contribution in [0, 0.1) is 0 Å². The van der Waals surface area contributed by atoms with Crippen molar-refractivity contribution in [2.45, 2.75) is 60.1 Å². The molecule has 9 aromatic rings. The van der Waals surface area contributed by atoms with Crippen molar-refractivity contribution < 1.29 is 75.2 Å². The molecule has 0 aromatic heterocycles. The Morgan fingerprint density at radius 2 is 0.901 bits per heavy atom. The number of carbonyl (C=O) groups excluding carboxylic acids is 1. The average Bonchev–Trinajstić information content (AvgIpc) is 1.86. The zero-order valence-electron chi connectivity index (χ0n) is 43.0. The third-order valence-corrected chi connectivity index (χ3v) is 16.9. The van der Waals surface area contributed by atoms with Crippen molar-refractivity contribution in [3.05, 3.63) is 242 Å². The molecule has 0 amide bonds. The van der Waals surface area contributed by atoms with Crippen molar-refractivity contribution in [2.24, 2.45) is 0 Å². The number of ether oxygens (including phenoxy) is 3. The number of hydrogen-bond acceptors (Lipinski definition) is 15. The van der Waals surface area contributed by atoms with Crippen LogP contribution in [0.4, 0.5) is 0 Å². The average molecular weight is 1090 g/mol. The van der Waals surface area contributed by atoms with Gasteiger partial charge in [0.15, 0.2) is 0 Å². The Bertz CT molecular complexity index is 3950. The standard InChI is InChI=1S/C66H52O15/c1-79-50(77)29-45(30-2-12-36(67)13-3-30)58-63(78)61-56(47-26-44(75)28-49-55(47)53(35-22-41(72)24-42(73)23-35)64(80-49)33-8-18-39(70)19-9-33)52(32-6-16-38(69)17-7-32)59-51(31-4-14-37(68)15-5-31)54-46(25-43(74)27-48(54)76)57-62(60(59)61)66(58)81-65(57)34-10-20-40(71)21-11-34/h2-28,45,51-53,56-57,59,64-65,67-76,78H,29H2,1H3/t45?,51-,52-,53-,56-,57-,59+,64+,65+/m1/s1. The maximum absolute atomic E-state index is 14.2. The summed E-state index contributed by atoms with van der Waals surface area (Å²) < 4.78 is 19.6. The lowest BCUT2D eigenvalue weighted by Crippen LogP contribution is -2.21. The van der Waals surface area contributed by atoms with E-state index in [1.165, 1.54) is 86.0 Å². The normalized spacial score (nSPS) is 21.2. The zero-order valence-corrected chi connectivity index (χ0v) is 43.0. The molecule has 0 saturated carbocycles. The number of aromatic hydroxyl groups is 11. The van der Waals surface area contributed by atoms with Crippen molar-refractivity contribution >= 4 is 5.97 Å². The summed E-state index contributed by atoms with van der Waals surface area (Å²) in [6.07, 6.45) is -2.28. The molecule has 15 heteroatoms. The lowest BCUT2D eigenvalue weighted by molar-refractivity contribution is -0.140. The largest absolute Gasteiger partial charge is 0.508 e. The Morgan fingerprint density at radius 3 is 1.46 bits per heavy atom. The summed E-state index contributed by atoms with van der Waals surface area (Å²) >= 11 is 0. The molecule has 4 aliphatic rings. The number of phenolic OH excluding ortho intramolecular Hbond substituents is 11. The van der Waals surface area contributed by atoms with Crippen molar-refractivity contribution in [3.8, 4) is 74.7 Å². The van der Waals surface area contributed by atoms with Crippen LogP contribution in [0.5, 0.6) is 74.7 Å². The van der Waals surface area contributed by atoms with E-state index in [0.29, 0.717) is 72.3 Å². The van der Waals surface area contributed by atoms with Crippen LogP contribution < -0.4 is 9.47 Å². The van der Waals surface area contributed by atoms with Crippen LogP contribution in [-0.4, -0.2) is 69.3 Å². The highest BCUT2D eigenvalue weighted by molar-refractivity contribution is 5.79. The SMILES string of the molecule is COC(=O)CC(c1ccc(O)cc1)c1c(O)c2c3c4c1O[C@@H](c1ccc(O)cc1)[C@@H]4c1cc(O)cc(O)c1[C@@H](c1ccc(O)cc1)[C@H]3[C@H](c1ccc(O)cc1)[C@H]2c1cc(O)cc2c1[C@@H](c1cc(O)cc(O)c1)[C@H](c1ccc(O)cc1)O2. The van der Waals surface area contributed by atoms with Gasteiger partial charge in [-0.1, -0.05) is 60.7 Å². The molecule has 9 atom stereocenters. The van der Waals surface area contributed by atoms with E-state index in [1.807, 2.05) is 0 Å². The molecule has 2 aliphatic carbocycles. The lowest BCUT2D eigenvalue weighted by atomic mass is 9.68. The molecule has 9 aromatic carbocycles. The fourth-order valence-electron chi connectivity index (χ4n) is 13.8. The summed E-state index contributed by atoms with van der Waals surface area (Å²) in [7, 11) is 1.25. The van der Waals surface area contributed by atoms with E-state index in [9.17, 15) is 61.0 Å². The first-order chi connectivity index (χ1) is 39.0. The molecule has 2 heterocycles. The first kappa shape index (κ1) is 50.4. The van der Waals surface area contributed by atoms with Crippen LogP contribution in [0.15, 0.2) is 164 Å². The number of fused-ring (bicyclic) bond motifs is 3. The Labute approximate surface area is 462 Å². The van der Waals surface area contributed by atoms with Gasteiger partial charge in [-0.05, 0) is 135 Å². The molecular formula is C66H52O15. The molecule has 0 radical (unpaired) electrons.